The van der Waals surface area contributed by atoms with E-state index in [-0.39, 0.29) is 38.4 Å². The summed E-state index contributed by atoms with van der Waals surface area (Å²) in [6.07, 6.45) is 0. The molecule has 0 bridgehead atoms. The molecule has 2 aromatic heterocycles. The Hall–Kier alpha value is -3.17. The van der Waals surface area contributed by atoms with E-state index in [1.807, 2.05) is 0 Å². The number of carbonyl (C=O) groups excluding carboxylic acids is 2. The SMILES string of the molecule is COC(=O)c1c(-c2c(Cl)cccc2Cl)noc1NC(=O)c1ccc(=O)[nH]n1. The Labute approximate surface area is 161 Å². The van der Waals surface area contributed by atoms with Crippen LogP contribution in [0.15, 0.2) is 39.6 Å². The van der Waals surface area contributed by atoms with Crippen LogP contribution in [0.4, 0.5) is 5.88 Å². The van der Waals surface area contributed by atoms with E-state index in [1.54, 1.807) is 18.2 Å². The molecule has 11 heteroatoms. The Morgan fingerprint density at radius 1 is 1.19 bits per heavy atom. The van der Waals surface area contributed by atoms with Crippen molar-refractivity contribution in [1.29, 1.82) is 0 Å². The molecule has 0 atom stereocenters. The summed E-state index contributed by atoms with van der Waals surface area (Å²) in [5, 5.41) is 12.3. The molecule has 0 saturated carbocycles. The van der Waals surface area contributed by atoms with E-state index >= 15 is 0 Å². The van der Waals surface area contributed by atoms with E-state index in [1.165, 1.54) is 6.07 Å². The number of ether oxygens (including phenoxy) is 1. The lowest BCUT2D eigenvalue weighted by molar-refractivity contribution is 0.0602. The minimum atomic E-state index is -0.827. The smallest absolute Gasteiger partial charge is 0.345 e. The number of halogens is 2. The molecule has 138 valence electrons. The van der Waals surface area contributed by atoms with Crippen molar-refractivity contribution >= 4 is 41.0 Å². The number of benzene rings is 1. The van der Waals surface area contributed by atoms with Crippen LogP contribution in [0.25, 0.3) is 11.3 Å². The number of esters is 1. The number of rotatable bonds is 4. The third-order valence-corrected chi connectivity index (χ3v) is 4.05. The molecule has 1 aromatic carbocycles. The minimum Gasteiger partial charge on any atom is -0.465 e. The van der Waals surface area contributed by atoms with Crippen molar-refractivity contribution in [3.8, 4) is 11.3 Å². The molecule has 0 fully saturated rings. The van der Waals surface area contributed by atoms with Gasteiger partial charge in [0, 0.05) is 11.6 Å². The molecule has 1 amide bonds. The molecule has 0 saturated heterocycles. The van der Waals surface area contributed by atoms with Gasteiger partial charge in [0.15, 0.2) is 5.56 Å². The number of amides is 1. The molecule has 2 N–H and O–H groups in total. The van der Waals surface area contributed by atoms with Crippen molar-refractivity contribution in [3.05, 3.63) is 62.0 Å². The number of nitrogens with one attached hydrogen (secondary N) is 2. The summed E-state index contributed by atoms with van der Waals surface area (Å²) < 4.78 is 9.84. The van der Waals surface area contributed by atoms with E-state index in [4.69, 9.17) is 32.5 Å². The van der Waals surface area contributed by atoms with Gasteiger partial charge >= 0.3 is 5.97 Å². The zero-order valence-electron chi connectivity index (χ0n) is 13.6. The molecule has 0 radical (unpaired) electrons. The van der Waals surface area contributed by atoms with Gasteiger partial charge in [-0.2, -0.15) is 5.10 Å². The quantitative estimate of drug-likeness (QED) is 0.635. The van der Waals surface area contributed by atoms with Crippen molar-refractivity contribution in [2.24, 2.45) is 0 Å². The van der Waals surface area contributed by atoms with Crippen molar-refractivity contribution in [1.82, 2.24) is 15.4 Å². The monoisotopic (exact) mass is 408 g/mol. The van der Waals surface area contributed by atoms with Gasteiger partial charge in [-0.3, -0.25) is 14.9 Å². The molecule has 0 aliphatic rings. The van der Waals surface area contributed by atoms with Crippen molar-refractivity contribution in [2.45, 2.75) is 0 Å². The van der Waals surface area contributed by atoms with Crippen LogP contribution in [0, 0.1) is 0 Å². The average Bonchev–Trinajstić information content (AvgIpc) is 3.04. The van der Waals surface area contributed by atoms with E-state index in [0.29, 0.717) is 0 Å². The summed E-state index contributed by atoms with van der Waals surface area (Å²) >= 11 is 12.3. The fourth-order valence-corrected chi connectivity index (χ4v) is 2.78. The molecule has 0 spiro atoms. The largest absolute Gasteiger partial charge is 0.465 e. The number of aromatic nitrogens is 3. The van der Waals surface area contributed by atoms with Gasteiger partial charge < -0.3 is 9.26 Å². The molecular formula is C16H10Cl2N4O5. The first-order valence-corrected chi connectivity index (χ1v) is 8.07. The molecule has 2 heterocycles. The summed E-state index contributed by atoms with van der Waals surface area (Å²) in [5.41, 5.74) is -0.517. The molecule has 3 aromatic rings. The topological polar surface area (TPSA) is 127 Å². The van der Waals surface area contributed by atoms with Crippen molar-refractivity contribution in [2.75, 3.05) is 12.4 Å². The van der Waals surface area contributed by atoms with Crippen LogP contribution in [-0.2, 0) is 4.74 Å². The van der Waals surface area contributed by atoms with Gasteiger partial charge in [-0.15, -0.1) is 0 Å². The predicted octanol–water partition coefficient (Wildman–Crippen LogP) is 2.77. The molecule has 0 aliphatic heterocycles. The maximum absolute atomic E-state index is 12.3. The zero-order valence-corrected chi connectivity index (χ0v) is 15.1. The highest BCUT2D eigenvalue weighted by atomic mass is 35.5. The predicted molar refractivity (Wildman–Crippen MR) is 96.1 cm³/mol. The number of carbonyl (C=O) groups is 2. The van der Waals surface area contributed by atoms with Gasteiger partial charge in [-0.1, -0.05) is 34.4 Å². The summed E-state index contributed by atoms with van der Waals surface area (Å²) in [4.78, 5) is 35.6. The van der Waals surface area contributed by atoms with Crippen molar-refractivity contribution in [3.63, 3.8) is 0 Å². The first-order valence-electron chi connectivity index (χ1n) is 7.31. The van der Waals surface area contributed by atoms with Gasteiger partial charge in [-0.25, -0.2) is 9.89 Å². The number of nitrogens with zero attached hydrogens (tertiary/aromatic N) is 2. The lowest BCUT2D eigenvalue weighted by Gasteiger charge is -2.06. The standard InChI is InChI=1S/C16H10Cl2N4O5/c1-26-16(25)12-13(11-7(17)3-2-4-8(11)18)22-27-15(12)19-14(24)9-5-6-10(23)21-20-9/h2-6H,1H3,(H,19,24)(H,21,23). The van der Waals surface area contributed by atoms with Crippen LogP contribution in [0.5, 0.6) is 0 Å². The summed E-state index contributed by atoms with van der Waals surface area (Å²) in [6, 6.07) is 7.06. The van der Waals surface area contributed by atoms with Crippen LogP contribution in [0.3, 0.4) is 0 Å². The second kappa shape index (κ2) is 7.60. The van der Waals surface area contributed by atoms with Gasteiger partial charge in [-0.05, 0) is 18.2 Å². The van der Waals surface area contributed by atoms with Crippen LogP contribution in [0.1, 0.15) is 20.8 Å². The van der Waals surface area contributed by atoms with Crippen LogP contribution < -0.4 is 10.9 Å². The molecule has 0 aliphatic carbocycles. The Balaban J connectivity index is 2.05. The van der Waals surface area contributed by atoms with E-state index in [2.05, 4.69) is 20.7 Å². The molecular weight excluding hydrogens is 399 g/mol. The second-order valence-electron chi connectivity index (χ2n) is 5.08. The normalized spacial score (nSPS) is 10.5. The Kier molecular flexibility index (Phi) is 5.24. The van der Waals surface area contributed by atoms with Crippen molar-refractivity contribution < 1.29 is 18.8 Å². The Morgan fingerprint density at radius 2 is 1.89 bits per heavy atom. The summed E-state index contributed by atoms with van der Waals surface area (Å²) in [5.74, 6) is -1.86. The van der Waals surface area contributed by atoms with Gasteiger partial charge in [0.05, 0.1) is 17.2 Å². The summed E-state index contributed by atoms with van der Waals surface area (Å²) in [7, 11) is 1.16. The second-order valence-corrected chi connectivity index (χ2v) is 5.90. The highest BCUT2D eigenvalue weighted by Crippen LogP contribution is 2.38. The van der Waals surface area contributed by atoms with Gasteiger partial charge in [0.1, 0.15) is 11.4 Å². The van der Waals surface area contributed by atoms with Crippen LogP contribution in [-0.4, -0.2) is 34.3 Å². The molecule has 9 nitrogen and oxygen atoms in total. The third kappa shape index (κ3) is 3.69. The first-order chi connectivity index (χ1) is 12.9. The number of hydrogen-bond acceptors (Lipinski definition) is 7. The molecule has 3 rings (SSSR count). The molecule has 0 unspecified atom stereocenters. The van der Waals surface area contributed by atoms with E-state index in [9.17, 15) is 14.4 Å². The van der Waals surface area contributed by atoms with E-state index < -0.39 is 17.4 Å². The highest BCUT2D eigenvalue weighted by molar-refractivity contribution is 6.39. The first kappa shape index (κ1) is 18.6. The van der Waals surface area contributed by atoms with Crippen LogP contribution >= 0.6 is 23.2 Å². The lowest BCUT2D eigenvalue weighted by atomic mass is 10.1. The Morgan fingerprint density at radius 3 is 2.48 bits per heavy atom. The number of anilines is 1. The number of H-pyrrole nitrogens is 1. The number of aromatic amines is 1. The third-order valence-electron chi connectivity index (χ3n) is 3.42. The fourth-order valence-electron chi connectivity index (χ4n) is 2.20. The molecule has 27 heavy (non-hydrogen) atoms. The maximum atomic E-state index is 12.3. The van der Waals surface area contributed by atoms with Gasteiger partial charge in [0.25, 0.3) is 11.5 Å². The summed E-state index contributed by atoms with van der Waals surface area (Å²) in [6.45, 7) is 0. The van der Waals surface area contributed by atoms with E-state index in [0.717, 1.165) is 13.2 Å². The Bertz CT molecular complexity index is 1050. The zero-order chi connectivity index (χ0) is 19.6. The van der Waals surface area contributed by atoms with Gasteiger partial charge in [0.2, 0.25) is 5.88 Å². The lowest BCUT2D eigenvalue weighted by Crippen LogP contribution is -2.18. The van der Waals surface area contributed by atoms with Crippen LogP contribution in [0.2, 0.25) is 10.0 Å². The maximum Gasteiger partial charge on any atom is 0.345 e. The minimum absolute atomic E-state index is 0.00202. The number of hydrogen-bond donors (Lipinski definition) is 2. The fraction of sp³-hybridized carbons (Fsp3) is 0.0625. The number of methoxy groups -OCH3 is 1. The highest BCUT2D eigenvalue weighted by Gasteiger charge is 2.29. The average molecular weight is 409 g/mol.